The Kier molecular flexibility index (Phi) is 4.73. The van der Waals surface area contributed by atoms with Crippen LogP contribution in [0.25, 0.3) is 0 Å². The van der Waals surface area contributed by atoms with E-state index in [9.17, 15) is 13.2 Å². The predicted molar refractivity (Wildman–Crippen MR) is 60.1 cm³/mol. The molecule has 0 saturated carbocycles. The second kappa shape index (κ2) is 5.15. The van der Waals surface area contributed by atoms with Gasteiger partial charge >= 0.3 is 0 Å². The van der Waals surface area contributed by atoms with Crippen LogP contribution in [0.5, 0.6) is 5.75 Å². The number of amides is 1. The fraction of sp³-hybridized carbons (Fsp3) is 0.125. The molecule has 0 heterocycles. The summed E-state index contributed by atoms with van der Waals surface area (Å²) >= 11 is 0. The average molecular weight is 267 g/mol. The van der Waals surface area contributed by atoms with Crippen LogP contribution in [0.15, 0.2) is 23.1 Å². The number of ether oxygens (including phenoxy) is 1. The van der Waals surface area contributed by atoms with Gasteiger partial charge in [0, 0.05) is 0 Å². The Morgan fingerprint density at radius 2 is 1.94 bits per heavy atom. The zero-order chi connectivity index (χ0) is 11.6. The number of carbonyl (C=O) groups is 1. The first kappa shape index (κ1) is 14.7. The third kappa shape index (κ3) is 3.09. The molecule has 1 aromatic rings. The standard InChI is InChI=1S/C8H10N2O4S.ClH/c1-14-7-3-2-5(15(10,12)13)4-6(7)8(9)11;/h2-4H,1H3,(H2,9,11)(H2,10,12,13);1H. The summed E-state index contributed by atoms with van der Waals surface area (Å²) < 4.78 is 26.8. The normalized spacial score (nSPS) is 10.4. The minimum atomic E-state index is -3.85. The minimum Gasteiger partial charge on any atom is -0.496 e. The Labute approximate surface area is 99.0 Å². The Bertz CT molecular complexity index is 501. The van der Waals surface area contributed by atoms with E-state index in [4.69, 9.17) is 15.6 Å². The number of halogens is 1. The molecule has 1 aromatic carbocycles. The van der Waals surface area contributed by atoms with Crippen LogP contribution >= 0.6 is 12.4 Å². The second-order valence-electron chi connectivity index (χ2n) is 2.77. The van der Waals surface area contributed by atoms with Crippen molar-refractivity contribution in [3.8, 4) is 5.75 Å². The summed E-state index contributed by atoms with van der Waals surface area (Å²) in [5.41, 5.74) is 5.02. The summed E-state index contributed by atoms with van der Waals surface area (Å²) in [6.45, 7) is 0. The largest absolute Gasteiger partial charge is 0.496 e. The number of hydrogen-bond donors (Lipinski definition) is 2. The Morgan fingerprint density at radius 1 is 1.38 bits per heavy atom. The highest BCUT2D eigenvalue weighted by Gasteiger charge is 2.14. The molecule has 0 aromatic heterocycles. The van der Waals surface area contributed by atoms with Gasteiger partial charge in [0.2, 0.25) is 10.0 Å². The van der Waals surface area contributed by atoms with E-state index in [-0.39, 0.29) is 28.6 Å². The third-order valence-electron chi connectivity index (χ3n) is 1.76. The first-order valence-corrected chi connectivity index (χ1v) is 5.41. The predicted octanol–water partition coefficient (Wildman–Crippen LogP) is -0.137. The van der Waals surface area contributed by atoms with E-state index in [0.29, 0.717) is 0 Å². The lowest BCUT2D eigenvalue weighted by atomic mass is 10.2. The van der Waals surface area contributed by atoms with E-state index in [2.05, 4.69) is 0 Å². The van der Waals surface area contributed by atoms with Crippen molar-refractivity contribution in [2.45, 2.75) is 4.90 Å². The molecular formula is C8H11ClN2O4S. The molecule has 0 fully saturated rings. The molecule has 16 heavy (non-hydrogen) atoms. The molecule has 0 spiro atoms. The molecule has 0 saturated heterocycles. The van der Waals surface area contributed by atoms with E-state index in [1.807, 2.05) is 0 Å². The number of sulfonamides is 1. The molecule has 8 heteroatoms. The van der Waals surface area contributed by atoms with E-state index in [1.165, 1.54) is 19.2 Å². The zero-order valence-corrected chi connectivity index (χ0v) is 9.97. The summed E-state index contributed by atoms with van der Waals surface area (Å²) in [7, 11) is -2.50. The molecule has 1 rings (SSSR count). The van der Waals surface area contributed by atoms with Crippen LogP contribution in [0, 0.1) is 0 Å². The maximum Gasteiger partial charge on any atom is 0.252 e. The molecule has 0 atom stereocenters. The van der Waals surface area contributed by atoms with Crippen molar-refractivity contribution >= 4 is 28.3 Å². The number of methoxy groups -OCH3 is 1. The third-order valence-corrected chi connectivity index (χ3v) is 2.68. The van der Waals surface area contributed by atoms with Gasteiger partial charge in [0.25, 0.3) is 5.91 Å². The van der Waals surface area contributed by atoms with Gasteiger partial charge in [0.15, 0.2) is 0 Å². The number of benzene rings is 1. The van der Waals surface area contributed by atoms with Crippen molar-refractivity contribution in [3.63, 3.8) is 0 Å². The molecule has 90 valence electrons. The number of nitrogens with two attached hydrogens (primary N) is 2. The van der Waals surface area contributed by atoms with E-state index < -0.39 is 15.9 Å². The van der Waals surface area contributed by atoms with Crippen molar-refractivity contribution in [2.75, 3.05) is 7.11 Å². The van der Waals surface area contributed by atoms with Gasteiger partial charge < -0.3 is 10.5 Å². The topological polar surface area (TPSA) is 112 Å². The fourth-order valence-electron chi connectivity index (χ4n) is 1.06. The Morgan fingerprint density at radius 3 is 2.31 bits per heavy atom. The summed E-state index contributed by atoms with van der Waals surface area (Å²) in [5, 5.41) is 4.90. The highest BCUT2D eigenvalue weighted by Crippen LogP contribution is 2.21. The van der Waals surface area contributed by atoms with Gasteiger partial charge in [0.1, 0.15) is 5.75 Å². The molecule has 0 aliphatic carbocycles. The molecule has 4 N–H and O–H groups in total. The number of primary amides is 1. The van der Waals surface area contributed by atoms with Gasteiger partial charge in [0.05, 0.1) is 17.6 Å². The highest BCUT2D eigenvalue weighted by atomic mass is 35.5. The molecule has 0 aliphatic rings. The number of hydrogen-bond acceptors (Lipinski definition) is 4. The zero-order valence-electron chi connectivity index (χ0n) is 8.34. The van der Waals surface area contributed by atoms with Crippen LogP contribution in [0.3, 0.4) is 0 Å². The van der Waals surface area contributed by atoms with E-state index in [1.54, 1.807) is 0 Å². The Hall–Kier alpha value is -1.31. The molecule has 1 amide bonds. The molecule has 0 radical (unpaired) electrons. The maximum absolute atomic E-state index is 11.0. The van der Waals surface area contributed by atoms with Crippen molar-refractivity contribution in [1.29, 1.82) is 0 Å². The van der Waals surface area contributed by atoms with Crippen LogP contribution in [0.2, 0.25) is 0 Å². The summed E-state index contributed by atoms with van der Waals surface area (Å²) in [4.78, 5) is 10.8. The second-order valence-corrected chi connectivity index (χ2v) is 4.33. The highest BCUT2D eigenvalue weighted by molar-refractivity contribution is 7.89. The molecule has 6 nitrogen and oxygen atoms in total. The molecular weight excluding hydrogens is 256 g/mol. The van der Waals surface area contributed by atoms with E-state index in [0.717, 1.165) is 6.07 Å². The maximum atomic E-state index is 11.0. The van der Waals surface area contributed by atoms with Crippen molar-refractivity contribution in [2.24, 2.45) is 10.9 Å². The quantitative estimate of drug-likeness (QED) is 0.793. The van der Waals surface area contributed by atoms with Gasteiger partial charge in [-0.15, -0.1) is 12.4 Å². The lowest BCUT2D eigenvalue weighted by Gasteiger charge is -2.06. The summed E-state index contributed by atoms with van der Waals surface area (Å²) in [6.07, 6.45) is 0. The smallest absolute Gasteiger partial charge is 0.252 e. The van der Waals surface area contributed by atoms with Crippen LogP contribution in [-0.4, -0.2) is 21.4 Å². The fourth-order valence-corrected chi connectivity index (χ4v) is 1.60. The lowest BCUT2D eigenvalue weighted by Crippen LogP contribution is -2.16. The SMILES string of the molecule is COc1ccc(S(N)(=O)=O)cc1C(N)=O.Cl. The number of primary sulfonamides is 1. The lowest BCUT2D eigenvalue weighted by molar-refractivity contribution is 0.0997. The van der Waals surface area contributed by atoms with Crippen LogP contribution in [0.4, 0.5) is 0 Å². The van der Waals surface area contributed by atoms with Crippen LogP contribution in [0.1, 0.15) is 10.4 Å². The first-order chi connectivity index (χ1) is 6.86. The van der Waals surface area contributed by atoms with Gasteiger partial charge in [-0.2, -0.15) is 0 Å². The van der Waals surface area contributed by atoms with Crippen LogP contribution in [-0.2, 0) is 10.0 Å². The van der Waals surface area contributed by atoms with Gasteiger partial charge in [-0.05, 0) is 18.2 Å². The Balaban J connectivity index is 0.00000225. The number of rotatable bonds is 3. The number of carbonyl (C=O) groups excluding carboxylic acids is 1. The molecule has 0 bridgehead atoms. The van der Waals surface area contributed by atoms with Gasteiger partial charge in [-0.25, -0.2) is 13.6 Å². The monoisotopic (exact) mass is 266 g/mol. The minimum absolute atomic E-state index is 0. The van der Waals surface area contributed by atoms with Gasteiger partial charge in [-0.3, -0.25) is 4.79 Å². The van der Waals surface area contributed by atoms with Crippen molar-refractivity contribution < 1.29 is 17.9 Å². The van der Waals surface area contributed by atoms with Crippen LogP contribution < -0.4 is 15.6 Å². The van der Waals surface area contributed by atoms with Gasteiger partial charge in [-0.1, -0.05) is 0 Å². The van der Waals surface area contributed by atoms with Crippen molar-refractivity contribution in [3.05, 3.63) is 23.8 Å². The first-order valence-electron chi connectivity index (χ1n) is 3.87. The summed E-state index contributed by atoms with van der Waals surface area (Å²) in [6, 6.07) is 3.64. The van der Waals surface area contributed by atoms with Crippen molar-refractivity contribution in [1.82, 2.24) is 0 Å². The molecule has 0 unspecified atom stereocenters. The summed E-state index contributed by atoms with van der Waals surface area (Å²) in [5.74, 6) is -0.577. The molecule has 0 aliphatic heterocycles. The van der Waals surface area contributed by atoms with E-state index >= 15 is 0 Å². The average Bonchev–Trinajstić information content (AvgIpc) is 2.15.